The Morgan fingerprint density at radius 3 is 2.70 bits per heavy atom. The van der Waals surface area contributed by atoms with Gasteiger partial charge in [0.25, 0.3) is 11.5 Å². The Bertz CT molecular complexity index is 1570. The number of aromatic amines is 1. The quantitative estimate of drug-likeness (QED) is 0.249. The number of piperidine rings is 1. The molecule has 8 heteroatoms. The monoisotopic (exact) mass is 538 g/mol. The first kappa shape index (κ1) is 26.1. The van der Waals surface area contributed by atoms with Crippen molar-refractivity contribution in [2.24, 2.45) is 5.92 Å². The molecule has 4 N–H and O–H groups in total. The van der Waals surface area contributed by atoms with Crippen LogP contribution in [0.4, 0.5) is 0 Å². The predicted molar refractivity (Wildman–Crippen MR) is 155 cm³/mol. The number of carbonyl (C=O) groups is 1. The number of phenols is 1. The minimum Gasteiger partial charge on any atom is -0.507 e. The molecule has 40 heavy (non-hydrogen) atoms. The highest BCUT2D eigenvalue weighted by Gasteiger charge is 2.26. The number of rotatable bonds is 9. The molecule has 1 saturated heterocycles. The lowest BCUT2D eigenvalue weighted by Gasteiger charge is -2.25. The van der Waals surface area contributed by atoms with Crippen LogP contribution in [-0.2, 0) is 6.42 Å². The van der Waals surface area contributed by atoms with E-state index >= 15 is 0 Å². The summed E-state index contributed by atoms with van der Waals surface area (Å²) in [6.07, 6.45) is 4.98. The van der Waals surface area contributed by atoms with Crippen molar-refractivity contribution in [3.63, 3.8) is 0 Å². The van der Waals surface area contributed by atoms with E-state index in [-0.39, 0.29) is 17.2 Å². The molecule has 0 radical (unpaired) electrons. The van der Waals surface area contributed by atoms with Crippen molar-refractivity contribution in [3.8, 4) is 22.8 Å². The van der Waals surface area contributed by atoms with Gasteiger partial charge in [-0.05, 0) is 85.9 Å². The van der Waals surface area contributed by atoms with Gasteiger partial charge in [-0.15, -0.1) is 0 Å². The maximum Gasteiger partial charge on any atom is 0.262 e. The molecule has 1 aliphatic carbocycles. The smallest absolute Gasteiger partial charge is 0.262 e. The first-order valence-electron chi connectivity index (χ1n) is 14.1. The lowest BCUT2D eigenvalue weighted by atomic mass is 9.88. The molecular weight excluding hydrogens is 504 g/mol. The molecule has 2 aromatic carbocycles. The lowest BCUT2D eigenvalue weighted by Crippen LogP contribution is -2.31. The number of aromatic hydroxyl groups is 1. The summed E-state index contributed by atoms with van der Waals surface area (Å²) in [6.45, 7) is 2.76. The van der Waals surface area contributed by atoms with Crippen LogP contribution in [0, 0.1) is 5.92 Å². The number of hydrogen-bond donors (Lipinski definition) is 4. The summed E-state index contributed by atoms with van der Waals surface area (Å²) < 4.78 is 6.10. The van der Waals surface area contributed by atoms with Gasteiger partial charge in [0.15, 0.2) is 0 Å². The highest BCUT2D eigenvalue weighted by Crippen LogP contribution is 2.41. The number of phenolic OH excluding ortho intramolecular Hbond substituents is 1. The molecule has 206 valence electrons. The second-order valence-corrected chi connectivity index (χ2v) is 10.8. The molecule has 1 aliphatic heterocycles. The van der Waals surface area contributed by atoms with E-state index in [1.165, 1.54) is 0 Å². The Balaban J connectivity index is 1.37. The molecule has 2 aliphatic rings. The van der Waals surface area contributed by atoms with E-state index in [2.05, 4.69) is 15.6 Å². The number of hydrogen-bond acceptors (Lipinski definition) is 6. The average molecular weight is 539 g/mol. The molecule has 4 aromatic rings. The van der Waals surface area contributed by atoms with Crippen molar-refractivity contribution in [2.75, 3.05) is 26.2 Å². The van der Waals surface area contributed by atoms with Crippen molar-refractivity contribution >= 4 is 16.9 Å². The third kappa shape index (κ3) is 5.72. The lowest BCUT2D eigenvalue weighted by molar-refractivity contribution is 0.0953. The van der Waals surface area contributed by atoms with Crippen LogP contribution in [0.3, 0.4) is 0 Å². The highest BCUT2D eigenvalue weighted by molar-refractivity contribution is 5.98. The Morgan fingerprint density at radius 1 is 1.07 bits per heavy atom. The summed E-state index contributed by atoms with van der Waals surface area (Å²) >= 11 is 0. The minimum absolute atomic E-state index is 0.0659. The summed E-state index contributed by atoms with van der Waals surface area (Å²) in [6, 6.07) is 18.8. The number of H-pyrrole nitrogens is 1. The van der Waals surface area contributed by atoms with Crippen molar-refractivity contribution in [2.45, 2.75) is 38.0 Å². The predicted octanol–water partition coefficient (Wildman–Crippen LogP) is 4.52. The van der Waals surface area contributed by atoms with E-state index in [1.807, 2.05) is 42.5 Å². The summed E-state index contributed by atoms with van der Waals surface area (Å²) in [7, 11) is 0. The highest BCUT2D eigenvalue weighted by atomic mass is 16.5. The molecule has 1 unspecified atom stereocenters. The molecule has 1 amide bonds. The number of carbonyl (C=O) groups excluding carboxylic acids is 1. The van der Waals surface area contributed by atoms with Gasteiger partial charge in [-0.3, -0.25) is 9.59 Å². The molecule has 0 bridgehead atoms. The van der Waals surface area contributed by atoms with E-state index in [1.54, 1.807) is 18.2 Å². The molecule has 1 atom stereocenters. The fraction of sp³-hybridized carbons (Fsp3) is 0.344. The van der Waals surface area contributed by atoms with Gasteiger partial charge in [0.2, 0.25) is 0 Å². The largest absolute Gasteiger partial charge is 0.507 e. The zero-order chi connectivity index (χ0) is 27.5. The molecule has 3 heterocycles. The van der Waals surface area contributed by atoms with Crippen LogP contribution in [0.25, 0.3) is 22.3 Å². The number of ether oxygens (including phenoxy) is 1. The SMILES string of the molecule is O=C(NCCc1ccccc1)c1cc2c(C3CCCNC3)cc(-c3c(O)cccc3OCC3CC3)nc2[nH]c1=O. The fourth-order valence-corrected chi connectivity index (χ4v) is 5.41. The third-order valence-electron chi connectivity index (χ3n) is 7.81. The summed E-state index contributed by atoms with van der Waals surface area (Å²) in [5.41, 5.74) is 3.11. The second-order valence-electron chi connectivity index (χ2n) is 10.8. The van der Waals surface area contributed by atoms with Gasteiger partial charge >= 0.3 is 0 Å². The normalized spacial score (nSPS) is 17.1. The van der Waals surface area contributed by atoms with Gasteiger partial charge in [-0.2, -0.15) is 0 Å². The zero-order valence-corrected chi connectivity index (χ0v) is 22.4. The standard InChI is InChI=1S/C32H34N4O4/c37-27-9-4-10-28(40-19-21-11-12-21)29(27)26-17-23(22-8-5-14-33-18-22)24-16-25(32(39)36-30(24)35-26)31(38)34-15-13-20-6-2-1-3-7-20/h1-4,6-7,9-10,16-17,21-22,33,37H,5,8,11-15,18-19H2,(H,34,38)(H,35,36,39). The molecule has 2 fully saturated rings. The molecule has 1 saturated carbocycles. The fourth-order valence-electron chi connectivity index (χ4n) is 5.41. The van der Waals surface area contributed by atoms with E-state index in [0.29, 0.717) is 48.1 Å². The van der Waals surface area contributed by atoms with E-state index in [4.69, 9.17) is 9.72 Å². The van der Waals surface area contributed by atoms with E-state index in [0.717, 1.165) is 55.3 Å². The van der Waals surface area contributed by atoms with Gasteiger partial charge < -0.3 is 25.5 Å². The van der Waals surface area contributed by atoms with E-state index < -0.39 is 11.5 Å². The van der Waals surface area contributed by atoms with Crippen LogP contribution < -0.4 is 20.9 Å². The zero-order valence-electron chi connectivity index (χ0n) is 22.4. The van der Waals surface area contributed by atoms with Crippen LogP contribution in [-0.4, -0.2) is 47.2 Å². The first-order valence-corrected chi connectivity index (χ1v) is 14.1. The Kier molecular flexibility index (Phi) is 7.51. The van der Waals surface area contributed by atoms with Crippen molar-refractivity contribution in [3.05, 3.63) is 87.7 Å². The van der Waals surface area contributed by atoms with Crippen LogP contribution in [0.2, 0.25) is 0 Å². The van der Waals surface area contributed by atoms with Crippen molar-refractivity contribution in [1.82, 2.24) is 20.6 Å². The maximum atomic E-state index is 13.1. The molecule has 0 spiro atoms. The molecule has 2 aromatic heterocycles. The molecule has 8 nitrogen and oxygen atoms in total. The topological polar surface area (TPSA) is 116 Å². The molecular formula is C32H34N4O4. The second kappa shape index (κ2) is 11.5. The summed E-state index contributed by atoms with van der Waals surface area (Å²) in [4.78, 5) is 33.8. The summed E-state index contributed by atoms with van der Waals surface area (Å²) in [5.74, 6) is 0.956. The third-order valence-corrected chi connectivity index (χ3v) is 7.81. The Morgan fingerprint density at radius 2 is 1.93 bits per heavy atom. The number of pyridine rings is 2. The maximum absolute atomic E-state index is 13.1. The number of benzene rings is 2. The Labute approximate surface area is 232 Å². The summed E-state index contributed by atoms with van der Waals surface area (Å²) in [5, 5.41) is 18.0. The van der Waals surface area contributed by atoms with Crippen LogP contribution in [0.15, 0.2) is 65.5 Å². The van der Waals surface area contributed by atoms with Gasteiger partial charge in [0.05, 0.1) is 17.9 Å². The van der Waals surface area contributed by atoms with Crippen molar-refractivity contribution < 1.29 is 14.6 Å². The number of aromatic nitrogens is 2. The Hall–Kier alpha value is -4.17. The van der Waals surface area contributed by atoms with Gasteiger partial charge in [-0.1, -0.05) is 36.4 Å². The van der Waals surface area contributed by atoms with Crippen LogP contribution in [0.5, 0.6) is 11.5 Å². The van der Waals surface area contributed by atoms with Gasteiger partial charge in [0.1, 0.15) is 22.7 Å². The van der Waals surface area contributed by atoms with E-state index in [9.17, 15) is 14.7 Å². The van der Waals surface area contributed by atoms with Crippen LogP contribution in [0.1, 0.15) is 53.1 Å². The average Bonchev–Trinajstić information content (AvgIpc) is 3.81. The number of nitrogens with one attached hydrogen (secondary N) is 3. The number of fused-ring (bicyclic) bond motifs is 1. The van der Waals surface area contributed by atoms with Crippen LogP contribution >= 0.6 is 0 Å². The van der Waals surface area contributed by atoms with Gasteiger partial charge in [-0.25, -0.2) is 4.98 Å². The van der Waals surface area contributed by atoms with Crippen molar-refractivity contribution in [1.29, 1.82) is 0 Å². The number of nitrogens with zero attached hydrogens (tertiary/aromatic N) is 1. The number of amides is 1. The minimum atomic E-state index is -0.496. The molecule has 6 rings (SSSR count). The van der Waals surface area contributed by atoms with Gasteiger partial charge in [0, 0.05) is 18.5 Å². The first-order chi connectivity index (χ1) is 19.6.